The zero-order chi connectivity index (χ0) is 11.3. The second-order valence-corrected chi connectivity index (χ2v) is 3.07. The fraction of sp³-hybridized carbons (Fsp3) is 0.444. The quantitative estimate of drug-likeness (QED) is 0.606. The number of hydrogen-bond donors (Lipinski definition) is 2. The fourth-order valence-electron chi connectivity index (χ4n) is 0.982. The van der Waals surface area contributed by atoms with Gasteiger partial charge in [-0.3, -0.25) is 9.48 Å². The number of rotatable bonds is 4. The number of aryl methyl sites for hydroxylation is 1. The van der Waals surface area contributed by atoms with Gasteiger partial charge in [-0.2, -0.15) is 5.10 Å². The molecule has 0 bridgehead atoms. The molecule has 0 saturated heterocycles. The zero-order valence-electron chi connectivity index (χ0n) is 8.47. The number of carbonyl (C=O) groups is 1. The molecule has 1 heterocycles. The van der Waals surface area contributed by atoms with Crippen LogP contribution in [0.5, 0.6) is 0 Å². The van der Waals surface area contributed by atoms with Crippen LogP contribution >= 0.6 is 0 Å². The summed E-state index contributed by atoms with van der Waals surface area (Å²) in [6.45, 7) is 0.262. The average molecular weight is 207 g/mol. The van der Waals surface area contributed by atoms with Gasteiger partial charge in [0.25, 0.3) is 0 Å². The molecule has 1 rings (SSSR count). The van der Waals surface area contributed by atoms with Crippen molar-refractivity contribution in [2.24, 2.45) is 12.8 Å². The highest BCUT2D eigenvalue weighted by molar-refractivity contribution is 5.81. The molecule has 0 radical (unpaired) electrons. The topological polar surface area (TPSA) is 85.8 Å². The highest BCUT2D eigenvalue weighted by Crippen LogP contribution is 1.90. The maximum atomic E-state index is 11.3. The van der Waals surface area contributed by atoms with E-state index in [1.165, 1.54) is 0 Å². The van der Waals surface area contributed by atoms with Crippen molar-refractivity contribution in [2.75, 3.05) is 0 Å². The molecule has 1 aromatic heterocycles. The molecule has 0 aliphatic heterocycles. The number of amides is 1. The van der Waals surface area contributed by atoms with Gasteiger partial charge in [0.05, 0.1) is 12.6 Å². The maximum absolute atomic E-state index is 11.3. The summed E-state index contributed by atoms with van der Waals surface area (Å²) < 4.78 is 1.56. The van der Waals surface area contributed by atoms with Crippen molar-refractivity contribution in [1.82, 2.24) is 20.1 Å². The van der Waals surface area contributed by atoms with Crippen LogP contribution < -0.4 is 11.1 Å². The third kappa shape index (κ3) is 3.40. The lowest BCUT2D eigenvalue weighted by Gasteiger charge is -2.07. The van der Waals surface area contributed by atoms with Crippen LogP contribution in [0.2, 0.25) is 0 Å². The predicted molar refractivity (Wildman–Crippen MR) is 54.3 cm³/mol. The van der Waals surface area contributed by atoms with Crippen LogP contribution in [-0.2, 0) is 18.4 Å². The van der Waals surface area contributed by atoms with Crippen molar-refractivity contribution >= 4 is 5.91 Å². The van der Waals surface area contributed by atoms with Gasteiger partial charge in [0.15, 0.2) is 5.82 Å². The smallest absolute Gasteiger partial charge is 0.238 e. The zero-order valence-corrected chi connectivity index (χ0v) is 8.47. The highest BCUT2D eigenvalue weighted by Gasteiger charge is 2.11. The predicted octanol–water partition coefficient (Wildman–Crippen LogP) is -1.22. The molecule has 1 aromatic rings. The first-order valence-electron chi connectivity index (χ1n) is 4.44. The van der Waals surface area contributed by atoms with Crippen molar-refractivity contribution in [2.45, 2.75) is 19.0 Å². The van der Waals surface area contributed by atoms with Crippen molar-refractivity contribution < 1.29 is 4.79 Å². The molecule has 0 spiro atoms. The molecule has 6 heteroatoms. The van der Waals surface area contributed by atoms with E-state index in [1.807, 2.05) is 0 Å². The highest BCUT2D eigenvalue weighted by atomic mass is 16.2. The van der Waals surface area contributed by atoms with Crippen LogP contribution in [0.15, 0.2) is 6.33 Å². The lowest BCUT2D eigenvalue weighted by atomic mass is 10.2. The Bertz CT molecular complexity index is 378. The van der Waals surface area contributed by atoms with Crippen LogP contribution in [0.4, 0.5) is 0 Å². The van der Waals surface area contributed by atoms with Gasteiger partial charge < -0.3 is 11.1 Å². The first-order chi connectivity index (χ1) is 7.13. The van der Waals surface area contributed by atoms with E-state index < -0.39 is 6.04 Å². The second-order valence-electron chi connectivity index (χ2n) is 3.07. The minimum absolute atomic E-state index is 0.224. The van der Waals surface area contributed by atoms with E-state index in [0.717, 1.165) is 0 Å². The van der Waals surface area contributed by atoms with E-state index in [4.69, 9.17) is 12.2 Å². The molecule has 15 heavy (non-hydrogen) atoms. The molecule has 0 saturated carbocycles. The van der Waals surface area contributed by atoms with Gasteiger partial charge in [-0.15, -0.1) is 12.3 Å². The Morgan fingerprint density at radius 2 is 2.60 bits per heavy atom. The molecule has 1 atom stereocenters. The van der Waals surface area contributed by atoms with E-state index in [9.17, 15) is 4.79 Å². The summed E-state index contributed by atoms with van der Waals surface area (Å²) in [5.74, 6) is 2.58. The number of aromatic nitrogens is 3. The Balaban J connectivity index is 2.38. The standard InChI is InChI=1S/C9H13N5O/c1-3-4-7(10)9(15)11-5-8-12-6-14(2)13-8/h1,6-7H,4-5,10H2,2H3,(H,11,15). The summed E-state index contributed by atoms with van der Waals surface area (Å²) in [5.41, 5.74) is 5.50. The van der Waals surface area contributed by atoms with Crippen LogP contribution in [-0.4, -0.2) is 26.7 Å². The summed E-state index contributed by atoms with van der Waals surface area (Å²) >= 11 is 0. The lowest BCUT2D eigenvalue weighted by Crippen LogP contribution is -2.40. The van der Waals surface area contributed by atoms with Crippen molar-refractivity contribution in [1.29, 1.82) is 0 Å². The van der Waals surface area contributed by atoms with E-state index in [1.54, 1.807) is 18.1 Å². The van der Waals surface area contributed by atoms with Crippen LogP contribution in [0, 0.1) is 12.3 Å². The van der Waals surface area contributed by atoms with E-state index in [-0.39, 0.29) is 18.9 Å². The molecule has 1 unspecified atom stereocenters. The Morgan fingerprint density at radius 1 is 1.87 bits per heavy atom. The molecular weight excluding hydrogens is 194 g/mol. The van der Waals surface area contributed by atoms with Gasteiger partial charge in [-0.25, -0.2) is 4.98 Å². The molecule has 0 aliphatic carbocycles. The third-order valence-corrected chi connectivity index (χ3v) is 1.74. The van der Waals surface area contributed by atoms with Gasteiger partial charge in [0, 0.05) is 13.5 Å². The summed E-state index contributed by atoms with van der Waals surface area (Å²) in [4.78, 5) is 15.3. The number of carbonyl (C=O) groups excluding carboxylic acids is 1. The summed E-state index contributed by atoms with van der Waals surface area (Å²) in [6, 6.07) is -0.668. The summed E-state index contributed by atoms with van der Waals surface area (Å²) in [7, 11) is 1.75. The first kappa shape index (κ1) is 11.2. The first-order valence-corrected chi connectivity index (χ1v) is 4.44. The Morgan fingerprint density at radius 3 is 3.13 bits per heavy atom. The average Bonchev–Trinajstić information content (AvgIpc) is 2.61. The molecule has 80 valence electrons. The van der Waals surface area contributed by atoms with Gasteiger partial charge in [0.2, 0.25) is 5.91 Å². The fourth-order valence-corrected chi connectivity index (χ4v) is 0.982. The largest absolute Gasteiger partial charge is 0.347 e. The van der Waals surface area contributed by atoms with Gasteiger partial charge in [-0.1, -0.05) is 0 Å². The normalized spacial score (nSPS) is 11.8. The van der Waals surface area contributed by atoms with Crippen molar-refractivity contribution in [3.63, 3.8) is 0 Å². The number of nitrogens with zero attached hydrogens (tertiary/aromatic N) is 3. The monoisotopic (exact) mass is 207 g/mol. The number of terminal acetylenes is 1. The molecular formula is C9H13N5O. The van der Waals surface area contributed by atoms with Crippen molar-refractivity contribution in [3.8, 4) is 12.3 Å². The van der Waals surface area contributed by atoms with Crippen LogP contribution in [0.25, 0.3) is 0 Å². The Labute approximate surface area is 87.9 Å². The van der Waals surface area contributed by atoms with E-state index in [2.05, 4.69) is 21.3 Å². The van der Waals surface area contributed by atoms with Crippen LogP contribution in [0.1, 0.15) is 12.2 Å². The third-order valence-electron chi connectivity index (χ3n) is 1.74. The van der Waals surface area contributed by atoms with E-state index >= 15 is 0 Å². The van der Waals surface area contributed by atoms with Crippen molar-refractivity contribution in [3.05, 3.63) is 12.2 Å². The van der Waals surface area contributed by atoms with Gasteiger partial charge >= 0.3 is 0 Å². The van der Waals surface area contributed by atoms with Crippen LogP contribution in [0.3, 0.4) is 0 Å². The molecule has 0 aromatic carbocycles. The second kappa shape index (κ2) is 5.12. The maximum Gasteiger partial charge on any atom is 0.238 e. The number of nitrogens with one attached hydrogen (secondary N) is 1. The van der Waals surface area contributed by atoms with Gasteiger partial charge in [-0.05, 0) is 0 Å². The Hall–Kier alpha value is -1.87. The minimum atomic E-state index is -0.668. The van der Waals surface area contributed by atoms with Gasteiger partial charge in [0.1, 0.15) is 6.33 Å². The molecule has 1 amide bonds. The molecule has 0 fully saturated rings. The van der Waals surface area contributed by atoms with E-state index in [0.29, 0.717) is 5.82 Å². The summed E-state index contributed by atoms with van der Waals surface area (Å²) in [6.07, 6.45) is 6.82. The molecule has 3 N–H and O–H groups in total. The molecule has 0 aliphatic rings. The lowest BCUT2D eigenvalue weighted by molar-refractivity contribution is -0.122. The summed E-state index contributed by atoms with van der Waals surface area (Å²) in [5, 5.41) is 6.60. The SMILES string of the molecule is C#CCC(N)C(=O)NCc1ncn(C)n1. The Kier molecular flexibility index (Phi) is 3.83. The number of nitrogens with two attached hydrogens (primary N) is 1. The minimum Gasteiger partial charge on any atom is -0.347 e. The number of hydrogen-bond acceptors (Lipinski definition) is 4. The molecule has 6 nitrogen and oxygen atoms in total.